The zero-order chi connectivity index (χ0) is 7.86. The molecule has 0 aromatic rings. The number of carbonyl (C=O) groups is 2. The summed E-state index contributed by atoms with van der Waals surface area (Å²) in [5.41, 5.74) is 8.64. The molecule has 9 heavy (non-hydrogen) atoms. The van der Waals surface area contributed by atoms with Gasteiger partial charge in [0.1, 0.15) is 0 Å². The first-order chi connectivity index (χ1) is 4.06. The van der Waals surface area contributed by atoms with Gasteiger partial charge in [0.25, 0.3) is 0 Å². The third-order valence-corrected chi connectivity index (χ3v) is 0.243. The first-order valence-electron chi connectivity index (χ1n) is 2.26. The molecule has 2 amide bonds. The van der Waals surface area contributed by atoms with Gasteiger partial charge in [-0.2, -0.15) is 0 Å². The summed E-state index contributed by atoms with van der Waals surface area (Å²) in [7, 11) is 0. The molecular formula is C4H10N2O3. The van der Waals surface area contributed by atoms with Gasteiger partial charge in [0.15, 0.2) is 0 Å². The average molecular weight is 134 g/mol. The molecule has 5 N–H and O–H groups in total. The fourth-order valence-corrected chi connectivity index (χ4v) is 0. The highest BCUT2D eigenvalue weighted by Crippen LogP contribution is 1.44. The van der Waals surface area contributed by atoms with E-state index in [0.29, 0.717) is 0 Å². The maximum Gasteiger partial charge on any atom is 0.306 e. The second-order valence-corrected chi connectivity index (χ2v) is 1.04. The minimum Gasteiger partial charge on any atom is -0.397 e. The Hall–Kier alpha value is -1.10. The van der Waals surface area contributed by atoms with Crippen molar-refractivity contribution >= 4 is 11.8 Å². The van der Waals surface area contributed by atoms with Crippen molar-refractivity contribution in [2.24, 2.45) is 11.5 Å². The van der Waals surface area contributed by atoms with E-state index in [4.69, 9.17) is 5.11 Å². The summed E-state index contributed by atoms with van der Waals surface area (Å²) in [5, 5.41) is 7.57. The number of hydrogen-bond donors (Lipinski definition) is 3. The van der Waals surface area contributed by atoms with Crippen LogP contribution in [0.2, 0.25) is 0 Å². The van der Waals surface area contributed by atoms with E-state index in [0.717, 1.165) is 0 Å². The van der Waals surface area contributed by atoms with Gasteiger partial charge in [-0.1, -0.05) is 0 Å². The van der Waals surface area contributed by atoms with Gasteiger partial charge in [-0.15, -0.1) is 0 Å². The highest BCUT2D eigenvalue weighted by Gasteiger charge is 1.96. The topological polar surface area (TPSA) is 106 Å². The molecule has 0 unspecified atom stereocenters. The van der Waals surface area contributed by atoms with Crippen LogP contribution in [0.4, 0.5) is 0 Å². The zero-order valence-electron chi connectivity index (χ0n) is 5.13. The molecule has 0 aliphatic carbocycles. The van der Waals surface area contributed by atoms with Gasteiger partial charge < -0.3 is 16.6 Å². The van der Waals surface area contributed by atoms with Gasteiger partial charge in [-0.05, 0) is 6.92 Å². The van der Waals surface area contributed by atoms with Gasteiger partial charge in [-0.25, -0.2) is 0 Å². The summed E-state index contributed by atoms with van der Waals surface area (Å²) in [4.78, 5) is 18.9. The van der Waals surface area contributed by atoms with Crippen molar-refractivity contribution in [3.05, 3.63) is 0 Å². The van der Waals surface area contributed by atoms with Crippen molar-refractivity contribution in [1.82, 2.24) is 0 Å². The molecule has 0 rings (SSSR count). The maximum absolute atomic E-state index is 9.45. The van der Waals surface area contributed by atoms with Gasteiger partial charge in [0, 0.05) is 6.61 Å². The molecule has 0 saturated carbocycles. The molecule has 0 radical (unpaired) electrons. The number of aliphatic hydroxyl groups excluding tert-OH is 1. The molecule has 5 heteroatoms. The van der Waals surface area contributed by atoms with E-state index in [9.17, 15) is 9.59 Å². The van der Waals surface area contributed by atoms with Crippen LogP contribution in [0.25, 0.3) is 0 Å². The Morgan fingerprint density at radius 2 is 1.44 bits per heavy atom. The zero-order valence-corrected chi connectivity index (χ0v) is 5.13. The lowest BCUT2D eigenvalue weighted by molar-refractivity contribution is -0.135. The molecule has 0 spiro atoms. The fourth-order valence-electron chi connectivity index (χ4n) is 0. The number of rotatable bonds is 0. The van der Waals surface area contributed by atoms with Crippen molar-refractivity contribution in [2.75, 3.05) is 6.61 Å². The molecule has 0 aromatic heterocycles. The molecule has 0 saturated heterocycles. The normalized spacial score (nSPS) is 6.89. The Balaban J connectivity index is 0. The van der Waals surface area contributed by atoms with E-state index in [2.05, 4.69) is 11.5 Å². The van der Waals surface area contributed by atoms with Gasteiger partial charge in [0.05, 0.1) is 0 Å². The van der Waals surface area contributed by atoms with E-state index < -0.39 is 11.8 Å². The second kappa shape index (κ2) is 6.90. The van der Waals surface area contributed by atoms with Crippen LogP contribution in [0.15, 0.2) is 0 Å². The summed E-state index contributed by atoms with van der Waals surface area (Å²) in [6, 6.07) is 0. The van der Waals surface area contributed by atoms with E-state index in [1.807, 2.05) is 0 Å². The van der Waals surface area contributed by atoms with Crippen LogP contribution in [0.3, 0.4) is 0 Å². The number of carbonyl (C=O) groups excluding carboxylic acids is 2. The number of nitrogens with two attached hydrogens (primary N) is 2. The first-order valence-corrected chi connectivity index (χ1v) is 2.26. The van der Waals surface area contributed by atoms with Gasteiger partial charge in [0.2, 0.25) is 0 Å². The lowest BCUT2D eigenvalue weighted by Crippen LogP contribution is -2.29. The lowest BCUT2D eigenvalue weighted by atomic mass is 10.6. The van der Waals surface area contributed by atoms with E-state index in [-0.39, 0.29) is 6.61 Å². The number of aliphatic hydroxyl groups is 1. The molecule has 54 valence electrons. The van der Waals surface area contributed by atoms with Crippen LogP contribution in [0.5, 0.6) is 0 Å². The van der Waals surface area contributed by atoms with Crippen LogP contribution < -0.4 is 11.5 Å². The summed E-state index contributed by atoms with van der Waals surface area (Å²) in [6.07, 6.45) is 0. The van der Waals surface area contributed by atoms with Gasteiger partial charge in [-0.3, -0.25) is 9.59 Å². The van der Waals surface area contributed by atoms with Crippen molar-refractivity contribution in [2.45, 2.75) is 6.92 Å². The van der Waals surface area contributed by atoms with Crippen LogP contribution in [-0.2, 0) is 9.59 Å². The van der Waals surface area contributed by atoms with Crippen LogP contribution in [-0.4, -0.2) is 23.5 Å². The smallest absolute Gasteiger partial charge is 0.306 e. The summed E-state index contributed by atoms with van der Waals surface area (Å²) in [6.45, 7) is 1.93. The number of primary amides is 2. The minimum absolute atomic E-state index is 0.250. The molecule has 0 aliphatic heterocycles. The summed E-state index contributed by atoms with van der Waals surface area (Å²) >= 11 is 0. The van der Waals surface area contributed by atoms with Crippen molar-refractivity contribution in [1.29, 1.82) is 0 Å². The lowest BCUT2D eigenvalue weighted by Gasteiger charge is -1.75. The number of hydrogen-bond acceptors (Lipinski definition) is 3. The van der Waals surface area contributed by atoms with E-state index >= 15 is 0 Å². The Morgan fingerprint density at radius 3 is 1.44 bits per heavy atom. The average Bonchev–Trinajstić information content (AvgIpc) is 1.68. The Bertz CT molecular complexity index is 90.0. The SMILES string of the molecule is CCO.NC(=O)C(N)=O. The monoisotopic (exact) mass is 134 g/mol. The molecule has 0 atom stereocenters. The third-order valence-electron chi connectivity index (χ3n) is 0.243. The van der Waals surface area contributed by atoms with Crippen LogP contribution >= 0.6 is 0 Å². The minimum atomic E-state index is -1.10. The first kappa shape index (κ1) is 10.8. The van der Waals surface area contributed by atoms with Crippen LogP contribution in [0, 0.1) is 0 Å². The summed E-state index contributed by atoms with van der Waals surface area (Å²) in [5.74, 6) is -2.20. The predicted molar refractivity (Wildman–Crippen MR) is 31.1 cm³/mol. The Kier molecular flexibility index (Phi) is 8.28. The molecular weight excluding hydrogens is 124 g/mol. The highest BCUT2D eigenvalue weighted by molar-refractivity contribution is 6.33. The van der Waals surface area contributed by atoms with Crippen molar-refractivity contribution in [3.8, 4) is 0 Å². The Morgan fingerprint density at radius 1 is 1.33 bits per heavy atom. The number of amides is 2. The van der Waals surface area contributed by atoms with Gasteiger partial charge >= 0.3 is 11.8 Å². The Labute approximate surface area is 52.6 Å². The second-order valence-electron chi connectivity index (χ2n) is 1.04. The van der Waals surface area contributed by atoms with E-state index in [1.165, 1.54) is 0 Å². The predicted octanol–water partition coefficient (Wildman–Crippen LogP) is -2.04. The van der Waals surface area contributed by atoms with Crippen molar-refractivity contribution in [3.63, 3.8) is 0 Å². The molecule has 0 aromatic carbocycles. The maximum atomic E-state index is 9.45. The highest BCUT2D eigenvalue weighted by atomic mass is 16.2. The standard InChI is InChI=1S/C2H4N2O2.C2H6O/c3-1(5)2(4)6;1-2-3/h(H2,3,5)(H2,4,6);3H,2H2,1H3. The quantitative estimate of drug-likeness (QED) is 0.332. The molecule has 0 bridgehead atoms. The van der Waals surface area contributed by atoms with Crippen LogP contribution in [0.1, 0.15) is 6.92 Å². The van der Waals surface area contributed by atoms with E-state index in [1.54, 1.807) is 6.92 Å². The third kappa shape index (κ3) is 19.7. The molecule has 0 aliphatic rings. The molecule has 0 heterocycles. The molecule has 0 fully saturated rings. The van der Waals surface area contributed by atoms with Crippen molar-refractivity contribution < 1.29 is 14.7 Å². The largest absolute Gasteiger partial charge is 0.397 e. The fraction of sp³-hybridized carbons (Fsp3) is 0.500. The summed E-state index contributed by atoms with van der Waals surface area (Å²) < 4.78 is 0. The molecule has 5 nitrogen and oxygen atoms in total.